The number of urea groups is 1. The van der Waals surface area contributed by atoms with Gasteiger partial charge in [0.2, 0.25) is 0 Å². The molecular weight excluding hydrogens is 427 g/mol. The first-order valence-electron chi connectivity index (χ1n) is 7.18. The first-order chi connectivity index (χ1) is 11.8. The van der Waals surface area contributed by atoms with Crippen molar-refractivity contribution < 1.29 is 4.79 Å². The lowest BCUT2D eigenvalue weighted by molar-refractivity contribution is 0.252. The van der Waals surface area contributed by atoms with Crippen molar-refractivity contribution >= 4 is 75.4 Å². The summed E-state index contributed by atoms with van der Waals surface area (Å²) in [6, 6.07) is 7.17. The van der Waals surface area contributed by atoms with Crippen molar-refractivity contribution in [2.75, 3.05) is 23.7 Å². The number of aryl methyl sites for hydroxylation is 1. The standard InChI is InChI=1S/C16H14Cl5N3O/c1-8-4-2-3-5-9(8)24-16(25)23-7-6-22-15-13(20)11(18)10(17)12(19)14(15)21/h2-5,22H,6-7H2,1H3,(H2,23,24,25). The maximum atomic E-state index is 11.9. The van der Waals surface area contributed by atoms with Crippen LogP contribution in [0.25, 0.3) is 0 Å². The minimum atomic E-state index is -0.319. The fourth-order valence-electron chi connectivity index (χ4n) is 2.00. The number of anilines is 2. The van der Waals surface area contributed by atoms with E-state index in [9.17, 15) is 4.79 Å². The van der Waals surface area contributed by atoms with Crippen LogP contribution in [0, 0.1) is 6.92 Å². The van der Waals surface area contributed by atoms with Crippen molar-refractivity contribution in [3.8, 4) is 0 Å². The summed E-state index contributed by atoms with van der Waals surface area (Å²) < 4.78 is 0. The molecule has 134 valence electrons. The van der Waals surface area contributed by atoms with Crippen LogP contribution in [-0.2, 0) is 0 Å². The molecule has 25 heavy (non-hydrogen) atoms. The summed E-state index contributed by atoms with van der Waals surface area (Å²) in [5, 5.41) is 9.14. The van der Waals surface area contributed by atoms with Crippen LogP contribution in [0.15, 0.2) is 24.3 Å². The van der Waals surface area contributed by atoms with Crippen molar-refractivity contribution in [3.63, 3.8) is 0 Å². The van der Waals surface area contributed by atoms with E-state index in [-0.39, 0.29) is 31.1 Å². The molecule has 0 aliphatic rings. The van der Waals surface area contributed by atoms with E-state index in [1.54, 1.807) is 0 Å². The summed E-state index contributed by atoms with van der Waals surface area (Å²) in [4.78, 5) is 11.9. The zero-order valence-corrected chi connectivity index (χ0v) is 16.8. The molecule has 9 heteroatoms. The number of hydrogen-bond acceptors (Lipinski definition) is 2. The van der Waals surface area contributed by atoms with Gasteiger partial charge in [-0.15, -0.1) is 0 Å². The van der Waals surface area contributed by atoms with Crippen molar-refractivity contribution in [2.24, 2.45) is 0 Å². The SMILES string of the molecule is Cc1ccccc1NC(=O)NCCNc1c(Cl)c(Cl)c(Cl)c(Cl)c1Cl. The van der Waals surface area contributed by atoms with Crippen LogP contribution < -0.4 is 16.0 Å². The normalized spacial score (nSPS) is 10.5. The molecule has 0 fully saturated rings. The van der Waals surface area contributed by atoms with Gasteiger partial charge in [0.05, 0.1) is 30.8 Å². The molecule has 0 unspecified atom stereocenters. The molecule has 2 aromatic carbocycles. The van der Waals surface area contributed by atoms with Crippen molar-refractivity contribution in [3.05, 3.63) is 54.9 Å². The molecule has 0 atom stereocenters. The Morgan fingerprint density at radius 2 is 1.44 bits per heavy atom. The summed E-state index contributed by atoms with van der Waals surface area (Å²) in [6.45, 7) is 2.59. The third kappa shape index (κ3) is 4.99. The van der Waals surface area contributed by atoms with Crippen LogP contribution >= 0.6 is 58.0 Å². The lowest BCUT2D eigenvalue weighted by Gasteiger charge is -2.15. The smallest absolute Gasteiger partial charge is 0.319 e. The zero-order valence-electron chi connectivity index (χ0n) is 13.0. The van der Waals surface area contributed by atoms with Crippen LogP contribution in [0.5, 0.6) is 0 Å². The quantitative estimate of drug-likeness (QED) is 0.282. The summed E-state index contributed by atoms with van der Waals surface area (Å²) >= 11 is 30.2. The maximum Gasteiger partial charge on any atom is 0.319 e. The van der Waals surface area contributed by atoms with Gasteiger partial charge in [0.25, 0.3) is 0 Å². The summed E-state index contributed by atoms with van der Waals surface area (Å²) in [5.74, 6) is 0. The fourth-order valence-corrected chi connectivity index (χ4v) is 3.28. The monoisotopic (exact) mass is 439 g/mol. The van der Waals surface area contributed by atoms with E-state index in [0.717, 1.165) is 11.3 Å². The molecule has 0 bridgehead atoms. The summed E-state index contributed by atoms with van der Waals surface area (Å²) in [5.41, 5.74) is 2.08. The Labute approximate surface area is 170 Å². The van der Waals surface area contributed by atoms with Gasteiger partial charge in [-0.1, -0.05) is 76.2 Å². The highest BCUT2D eigenvalue weighted by Crippen LogP contribution is 2.46. The predicted molar refractivity (Wildman–Crippen MR) is 108 cm³/mol. The van der Waals surface area contributed by atoms with E-state index >= 15 is 0 Å². The van der Waals surface area contributed by atoms with Gasteiger partial charge in [-0.25, -0.2) is 4.79 Å². The lowest BCUT2D eigenvalue weighted by atomic mass is 10.2. The average Bonchev–Trinajstić information content (AvgIpc) is 2.59. The summed E-state index contributed by atoms with van der Waals surface area (Å²) in [6.07, 6.45) is 0. The Morgan fingerprint density at radius 3 is 2.04 bits per heavy atom. The van der Waals surface area contributed by atoms with E-state index in [4.69, 9.17) is 58.0 Å². The number of carbonyl (C=O) groups excluding carboxylic acids is 1. The Bertz CT molecular complexity index is 769. The molecule has 0 saturated carbocycles. The number of hydrogen-bond donors (Lipinski definition) is 3. The number of para-hydroxylation sites is 1. The Hall–Kier alpha value is -1.04. The Morgan fingerprint density at radius 1 is 0.880 bits per heavy atom. The molecule has 3 N–H and O–H groups in total. The number of benzene rings is 2. The number of amides is 2. The highest BCUT2D eigenvalue weighted by atomic mass is 35.5. The molecule has 0 aliphatic heterocycles. The molecule has 0 aromatic heterocycles. The third-order valence-corrected chi connectivity index (χ3v) is 5.59. The first-order valence-corrected chi connectivity index (χ1v) is 9.07. The van der Waals surface area contributed by atoms with Crippen molar-refractivity contribution in [2.45, 2.75) is 6.92 Å². The molecule has 2 rings (SSSR count). The number of rotatable bonds is 5. The topological polar surface area (TPSA) is 53.2 Å². The number of halogens is 5. The maximum absolute atomic E-state index is 11.9. The van der Waals surface area contributed by atoms with Crippen molar-refractivity contribution in [1.29, 1.82) is 0 Å². The van der Waals surface area contributed by atoms with Crippen LogP contribution in [-0.4, -0.2) is 19.1 Å². The molecule has 0 heterocycles. The number of carbonyl (C=O) groups is 1. The van der Waals surface area contributed by atoms with E-state index < -0.39 is 0 Å². The zero-order chi connectivity index (χ0) is 18.6. The van der Waals surface area contributed by atoms with Gasteiger partial charge in [0.1, 0.15) is 0 Å². The van der Waals surface area contributed by atoms with Crippen LogP contribution in [0.1, 0.15) is 5.56 Å². The average molecular weight is 442 g/mol. The molecular formula is C16H14Cl5N3O. The Kier molecular flexibility index (Phi) is 7.35. The molecule has 0 saturated heterocycles. The minimum Gasteiger partial charge on any atom is -0.381 e. The Balaban J connectivity index is 1.90. The lowest BCUT2D eigenvalue weighted by Crippen LogP contribution is -2.32. The highest BCUT2D eigenvalue weighted by Gasteiger charge is 2.18. The van der Waals surface area contributed by atoms with E-state index in [2.05, 4.69) is 16.0 Å². The summed E-state index contributed by atoms with van der Waals surface area (Å²) in [7, 11) is 0. The second-order valence-electron chi connectivity index (χ2n) is 5.07. The molecule has 4 nitrogen and oxygen atoms in total. The van der Waals surface area contributed by atoms with Gasteiger partial charge in [0.15, 0.2) is 0 Å². The van der Waals surface area contributed by atoms with Crippen molar-refractivity contribution in [1.82, 2.24) is 5.32 Å². The minimum absolute atomic E-state index is 0.0969. The van der Waals surface area contributed by atoms with E-state index in [1.807, 2.05) is 31.2 Å². The van der Waals surface area contributed by atoms with Crippen LogP contribution in [0.3, 0.4) is 0 Å². The van der Waals surface area contributed by atoms with Crippen LogP contribution in [0.4, 0.5) is 16.2 Å². The van der Waals surface area contributed by atoms with E-state index in [0.29, 0.717) is 18.8 Å². The van der Waals surface area contributed by atoms with Gasteiger partial charge < -0.3 is 16.0 Å². The number of nitrogens with one attached hydrogen (secondary N) is 3. The highest BCUT2D eigenvalue weighted by molar-refractivity contribution is 6.56. The van der Waals surface area contributed by atoms with Crippen LogP contribution in [0.2, 0.25) is 25.1 Å². The van der Waals surface area contributed by atoms with Gasteiger partial charge in [-0.2, -0.15) is 0 Å². The second-order valence-corrected chi connectivity index (χ2v) is 6.96. The fraction of sp³-hybridized carbons (Fsp3) is 0.188. The van der Waals surface area contributed by atoms with Gasteiger partial charge in [-0.3, -0.25) is 0 Å². The third-order valence-electron chi connectivity index (χ3n) is 3.32. The predicted octanol–water partition coefficient (Wildman–Crippen LogP) is 6.50. The molecule has 0 spiro atoms. The van der Waals surface area contributed by atoms with Gasteiger partial charge >= 0.3 is 6.03 Å². The molecule has 2 aromatic rings. The molecule has 0 radical (unpaired) electrons. The second kappa shape index (κ2) is 9.06. The molecule has 0 aliphatic carbocycles. The van der Waals surface area contributed by atoms with Gasteiger partial charge in [0, 0.05) is 18.8 Å². The largest absolute Gasteiger partial charge is 0.381 e. The van der Waals surface area contributed by atoms with E-state index in [1.165, 1.54) is 0 Å². The molecule has 2 amide bonds. The van der Waals surface area contributed by atoms with Gasteiger partial charge in [-0.05, 0) is 18.6 Å². The first kappa shape index (κ1) is 20.3.